The normalized spacial score (nSPS) is 21.1. The molecule has 0 bridgehead atoms. The highest BCUT2D eigenvalue weighted by atomic mass is 32.1. The molecule has 1 aliphatic heterocycles. The zero-order valence-corrected chi connectivity index (χ0v) is 10.4. The lowest BCUT2D eigenvalue weighted by atomic mass is 10.1. The van der Waals surface area contributed by atoms with Crippen LogP contribution in [-0.4, -0.2) is 29.9 Å². The summed E-state index contributed by atoms with van der Waals surface area (Å²) in [6.07, 6.45) is 3.06. The van der Waals surface area contributed by atoms with Gasteiger partial charge >= 0.3 is 0 Å². The van der Waals surface area contributed by atoms with E-state index in [1.54, 1.807) is 11.3 Å². The number of hydrogen-bond acceptors (Lipinski definition) is 3. The van der Waals surface area contributed by atoms with Gasteiger partial charge < -0.3 is 10.6 Å². The number of thiophene rings is 1. The second-order valence-electron chi connectivity index (χ2n) is 4.27. The second-order valence-corrected chi connectivity index (χ2v) is 5.44. The first kappa shape index (κ1) is 11.6. The molecule has 1 aromatic heterocycles. The topological polar surface area (TPSA) is 46.3 Å². The number of amides is 1. The quantitative estimate of drug-likeness (QED) is 0.855. The number of piperidine rings is 1. The van der Waals surface area contributed by atoms with Crippen LogP contribution in [0.15, 0.2) is 12.1 Å². The first-order valence-electron chi connectivity index (χ1n) is 5.84. The van der Waals surface area contributed by atoms with Crippen molar-refractivity contribution < 1.29 is 4.79 Å². The summed E-state index contributed by atoms with van der Waals surface area (Å²) in [5.74, 6) is 0.153. The Labute approximate surface area is 100 Å². The van der Waals surface area contributed by atoms with E-state index in [1.165, 1.54) is 4.88 Å². The van der Waals surface area contributed by atoms with Gasteiger partial charge in [0.1, 0.15) is 0 Å². The van der Waals surface area contributed by atoms with E-state index in [1.807, 2.05) is 17.0 Å². The minimum Gasteiger partial charge on any atom is -0.336 e. The summed E-state index contributed by atoms with van der Waals surface area (Å²) in [6.45, 7) is 3.67. The predicted molar refractivity (Wildman–Crippen MR) is 66.8 cm³/mol. The van der Waals surface area contributed by atoms with Crippen molar-refractivity contribution in [2.75, 3.05) is 13.1 Å². The summed E-state index contributed by atoms with van der Waals surface area (Å²) >= 11 is 1.60. The zero-order valence-electron chi connectivity index (χ0n) is 9.61. The summed E-state index contributed by atoms with van der Waals surface area (Å²) in [5, 5.41) is 0. The van der Waals surface area contributed by atoms with Gasteiger partial charge in [0.15, 0.2) is 0 Å². The van der Waals surface area contributed by atoms with E-state index in [-0.39, 0.29) is 11.9 Å². The summed E-state index contributed by atoms with van der Waals surface area (Å²) < 4.78 is 0. The SMILES string of the molecule is CCc1ccc(C(=O)N2CCC[C@@H](N)C2)s1. The van der Waals surface area contributed by atoms with Gasteiger partial charge in [0, 0.05) is 24.0 Å². The van der Waals surface area contributed by atoms with Gasteiger partial charge in [-0.05, 0) is 31.4 Å². The largest absolute Gasteiger partial charge is 0.336 e. The first-order valence-corrected chi connectivity index (χ1v) is 6.66. The molecule has 1 fully saturated rings. The van der Waals surface area contributed by atoms with Crippen LogP contribution in [0.2, 0.25) is 0 Å². The molecular weight excluding hydrogens is 220 g/mol. The maximum atomic E-state index is 12.2. The Kier molecular flexibility index (Phi) is 3.61. The highest BCUT2D eigenvalue weighted by Crippen LogP contribution is 2.20. The van der Waals surface area contributed by atoms with Crippen LogP contribution < -0.4 is 5.73 Å². The Hall–Kier alpha value is -0.870. The van der Waals surface area contributed by atoms with Gasteiger partial charge in [0.25, 0.3) is 5.91 Å². The van der Waals surface area contributed by atoms with Crippen LogP contribution >= 0.6 is 11.3 Å². The van der Waals surface area contributed by atoms with Crippen LogP contribution in [-0.2, 0) is 6.42 Å². The average molecular weight is 238 g/mol. The van der Waals surface area contributed by atoms with Crippen molar-refractivity contribution >= 4 is 17.2 Å². The number of rotatable bonds is 2. The molecule has 2 heterocycles. The molecule has 4 heteroatoms. The summed E-state index contributed by atoms with van der Waals surface area (Å²) in [4.78, 5) is 16.2. The van der Waals surface area contributed by atoms with Crippen molar-refractivity contribution in [2.45, 2.75) is 32.2 Å². The minimum atomic E-state index is 0.153. The van der Waals surface area contributed by atoms with Gasteiger partial charge in [0.05, 0.1) is 4.88 Å². The molecular formula is C12H18N2OS. The summed E-state index contributed by atoms with van der Waals surface area (Å²) in [6, 6.07) is 4.14. The number of likely N-dealkylation sites (tertiary alicyclic amines) is 1. The zero-order chi connectivity index (χ0) is 11.5. The Morgan fingerprint density at radius 3 is 3.06 bits per heavy atom. The van der Waals surface area contributed by atoms with Gasteiger partial charge in [0.2, 0.25) is 0 Å². The van der Waals surface area contributed by atoms with Crippen LogP contribution in [0.3, 0.4) is 0 Å². The van der Waals surface area contributed by atoms with E-state index in [0.29, 0.717) is 6.54 Å². The fourth-order valence-corrected chi connectivity index (χ4v) is 2.95. The van der Waals surface area contributed by atoms with Gasteiger partial charge in [-0.15, -0.1) is 11.3 Å². The highest BCUT2D eigenvalue weighted by molar-refractivity contribution is 7.14. The molecule has 0 unspecified atom stereocenters. The highest BCUT2D eigenvalue weighted by Gasteiger charge is 2.23. The van der Waals surface area contributed by atoms with Crippen molar-refractivity contribution in [3.63, 3.8) is 0 Å². The molecule has 1 aliphatic rings. The number of nitrogens with zero attached hydrogens (tertiary/aromatic N) is 1. The standard InChI is InChI=1S/C12H18N2OS/c1-2-10-5-6-11(16-10)12(15)14-7-3-4-9(13)8-14/h5-6,9H,2-4,7-8,13H2,1H3/t9-/m1/s1. The third-order valence-corrected chi connectivity index (χ3v) is 4.18. The number of nitrogens with two attached hydrogens (primary N) is 1. The number of carbonyl (C=O) groups excluding carboxylic acids is 1. The third-order valence-electron chi connectivity index (χ3n) is 2.97. The van der Waals surface area contributed by atoms with Crippen LogP contribution in [0.25, 0.3) is 0 Å². The van der Waals surface area contributed by atoms with Gasteiger partial charge in [-0.1, -0.05) is 6.92 Å². The molecule has 0 aromatic carbocycles. The van der Waals surface area contributed by atoms with Gasteiger partial charge in [-0.2, -0.15) is 0 Å². The Morgan fingerprint density at radius 1 is 1.62 bits per heavy atom. The molecule has 1 amide bonds. The maximum absolute atomic E-state index is 12.2. The van der Waals surface area contributed by atoms with E-state index in [0.717, 1.165) is 30.7 Å². The monoisotopic (exact) mass is 238 g/mol. The molecule has 1 saturated heterocycles. The van der Waals surface area contributed by atoms with Crippen molar-refractivity contribution in [3.8, 4) is 0 Å². The molecule has 0 radical (unpaired) electrons. The predicted octanol–water partition coefficient (Wildman–Crippen LogP) is 1.87. The van der Waals surface area contributed by atoms with Gasteiger partial charge in [-0.25, -0.2) is 0 Å². The van der Waals surface area contributed by atoms with E-state index < -0.39 is 0 Å². The molecule has 88 valence electrons. The summed E-state index contributed by atoms with van der Waals surface area (Å²) in [5.41, 5.74) is 5.88. The van der Waals surface area contributed by atoms with Crippen molar-refractivity contribution in [1.29, 1.82) is 0 Å². The summed E-state index contributed by atoms with van der Waals surface area (Å²) in [7, 11) is 0. The van der Waals surface area contributed by atoms with Crippen LogP contribution in [0, 0.1) is 0 Å². The van der Waals surface area contributed by atoms with Crippen molar-refractivity contribution in [3.05, 3.63) is 21.9 Å². The molecule has 0 aliphatic carbocycles. The van der Waals surface area contributed by atoms with Crippen LogP contribution in [0.4, 0.5) is 0 Å². The lowest BCUT2D eigenvalue weighted by Crippen LogP contribution is -2.45. The number of hydrogen-bond donors (Lipinski definition) is 1. The Morgan fingerprint density at radius 2 is 2.44 bits per heavy atom. The van der Waals surface area contributed by atoms with Crippen LogP contribution in [0.1, 0.15) is 34.3 Å². The third kappa shape index (κ3) is 2.44. The fourth-order valence-electron chi connectivity index (χ4n) is 2.03. The van der Waals surface area contributed by atoms with E-state index in [4.69, 9.17) is 5.73 Å². The second kappa shape index (κ2) is 4.97. The maximum Gasteiger partial charge on any atom is 0.263 e. The lowest BCUT2D eigenvalue weighted by molar-refractivity contribution is 0.0714. The van der Waals surface area contributed by atoms with Crippen LogP contribution in [0.5, 0.6) is 0 Å². The fraction of sp³-hybridized carbons (Fsp3) is 0.583. The van der Waals surface area contributed by atoms with Gasteiger partial charge in [-0.3, -0.25) is 4.79 Å². The first-order chi connectivity index (χ1) is 7.70. The molecule has 16 heavy (non-hydrogen) atoms. The Bertz CT molecular complexity index is 375. The molecule has 2 N–H and O–H groups in total. The average Bonchev–Trinajstić information content (AvgIpc) is 2.76. The van der Waals surface area contributed by atoms with E-state index in [9.17, 15) is 4.79 Å². The number of carbonyl (C=O) groups is 1. The number of aryl methyl sites for hydroxylation is 1. The van der Waals surface area contributed by atoms with E-state index >= 15 is 0 Å². The minimum absolute atomic E-state index is 0.153. The molecule has 3 nitrogen and oxygen atoms in total. The Balaban J connectivity index is 2.06. The molecule has 1 atom stereocenters. The molecule has 0 spiro atoms. The van der Waals surface area contributed by atoms with Crippen molar-refractivity contribution in [1.82, 2.24) is 4.90 Å². The van der Waals surface area contributed by atoms with Crippen molar-refractivity contribution in [2.24, 2.45) is 5.73 Å². The molecule has 0 saturated carbocycles. The molecule has 2 rings (SSSR count). The lowest BCUT2D eigenvalue weighted by Gasteiger charge is -2.30. The van der Waals surface area contributed by atoms with E-state index in [2.05, 4.69) is 6.92 Å². The smallest absolute Gasteiger partial charge is 0.263 e. The molecule has 1 aromatic rings.